The number of nitrogens with zero attached hydrogens (tertiary/aromatic N) is 3. The highest BCUT2D eigenvalue weighted by Gasteiger charge is 2.16. The van der Waals surface area contributed by atoms with Gasteiger partial charge in [0.1, 0.15) is 11.3 Å². The number of benzene rings is 2. The average Bonchev–Trinajstić information content (AvgIpc) is 2.91. The van der Waals surface area contributed by atoms with E-state index in [9.17, 15) is 18.4 Å². The number of Topliss-reactive ketones (excluding diaryl/α,β-unsaturated/α-hetero) is 1. The van der Waals surface area contributed by atoms with Crippen molar-refractivity contribution in [3.05, 3.63) is 118 Å². The molecule has 5 aromatic rings. The summed E-state index contributed by atoms with van der Waals surface area (Å²) in [7, 11) is 1.48. The minimum absolute atomic E-state index is 0.0594. The monoisotopic (exact) mass is 499 g/mol. The molecule has 3 heterocycles. The van der Waals surface area contributed by atoms with Gasteiger partial charge in [-0.3, -0.25) is 19.1 Å². The molecule has 0 unspecified atom stereocenters. The predicted octanol–water partition coefficient (Wildman–Crippen LogP) is 5.29. The van der Waals surface area contributed by atoms with E-state index in [1.807, 2.05) is 0 Å². The molecule has 0 aliphatic heterocycles. The first-order valence-corrected chi connectivity index (χ1v) is 11.2. The molecule has 37 heavy (non-hydrogen) atoms. The SMILES string of the molecule is COc1ccc2nccc(Oc3ccc(CC(=O)c4cccn(-c5ccc(F)cc5)c4=O)cc3F)c2n1. The Morgan fingerprint density at radius 3 is 2.54 bits per heavy atom. The van der Waals surface area contributed by atoms with E-state index >= 15 is 0 Å². The fraction of sp³-hybridized carbons (Fsp3) is 0.0714. The number of ketones is 1. The Balaban J connectivity index is 1.37. The molecule has 5 rings (SSSR count). The summed E-state index contributed by atoms with van der Waals surface area (Å²) in [5.41, 5.74) is 1.13. The van der Waals surface area contributed by atoms with Gasteiger partial charge in [0.2, 0.25) is 5.88 Å². The standard InChI is InChI=1S/C28H19F2N3O4/c1-36-26-11-9-22-27(32-26)25(12-13-31-22)37-24-10-4-17(15-21(24)30)16-23(34)20-3-2-14-33(28(20)35)19-7-5-18(29)6-8-19/h2-15H,16H2,1H3. The van der Waals surface area contributed by atoms with Gasteiger partial charge in [0.05, 0.1) is 18.2 Å². The number of carbonyl (C=O) groups excluding carboxylic acids is 1. The highest BCUT2D eigenvalue weighted by molar-refractivity contribution is 5.97. The van der Waals surface area contributed by atoms with Crippen LogP contribution in [0.25, 0.3) is 16.7 Å². The largest absolute Gasteiger partial charge is 0.481 e. The van der Waals surface area contributed by atoms with Gasteiger partial charge < -0.3 is 9.47 Å². The van der Waals surface area contributed by atoms with Gasteiger partial charge in [-0.05, 0) is 60.2 Å². The Kier molecular flexibility index (Phi) is 6.42. The summed E-state index contributed by atoms with van der Waals surface area (Å²) in [4.78, 5) is 34.4. The molecule has 0 amide bonds. The molecule has 0 saturated heterocycles. The number of aromatic nitrogens is 3. The summed E-state index contributed by atoms with van der Waals surface area (Å²) in [6.07, 6.45) is 2.82. The van der Waals surface area contributed by atoms with Gasteiger partial charge in [0, 0.05) is 36.6 Å². The Bertz CT molecular complexity index is 1680. The fourth-order valence-electron chi connectivity index (χ4n) is 3.83. The third-order valence-electron chi connectivity index (χ3n) is 5.66. The van der Waals surface area contributed by atoms with E-state index in [4.69, 9.17) is 9.47 Å². The summed E-state index contributed by atoms with van der Waals surface area (Å²) in [5, 5.41) is 0. The Morgan fingerprint density at radius 1 is 0.973 bits per heavy atom. The topological polar surface area (TPSA) is 83.3 Å². The van der Waals surface area contributed by atoms with Crippen molar-refractivity contribution in [2.45, 2.75) is 6.42 Å². The molecule has 0 spiro atoms. The molecule has 3 aromatic heterocycles. The molecule has 0 aliphatic rings. The van der Waals surface area contributed by atoms with Crippen molar-refractivity contribution >= 4 is 16.8 Å². The van der Waals surface area contributed by atoms with Crippen LogP contribution in [0, 0.1) is 11.6 Å². The molecule has 0 aliphatic carbocycles. The number of methoxy groups -OCH3 is 1. The number of fused-ring (bicyclic) bond motifs is 1. The normalized spacial score (nSPS) is 10.9. The maximum atomic E-state index is 14.9. The van der Waals surface area contributed by atoms with E-state index in [1.165, 1.54) is 66.5 Å². The van der Waals surface area contributed by atoms with Gasteiger partial charge >= 0.3 is 0 Å². The highest BCUT2D eigenvalue weighted by Crippen LogP contribution is 2.30. The van der Waals surface area contributed by atoms with Crippen LogP contribution in [-0.2, 0) is 6.42 Å². The molecule has 184 valence electrons. The van der Waals surface area contributed by atoms with Crippen LogP contribution in [0.5, 0.6) is 17.4 Å². The average molecular weight is 499 g/mol. The van der Waals surface area contributed by atoms with E-state index in [-0.39, 0.29) is 23.5 Å². The molecule has 2 aromatic carbocycles. The zero-order valence-corrected chi connectivity index (χ0v) is 19.5. The third kappa shape index (κ3) is 4.92. The Morgan fingerprint density at radius 2 is 1.78 bits per heavy atom. The molecule has 0 saturated carbocycles. The second-order valence-electron chi connectivity index (χ2n) is 8.07. The highest BCUT2D eigenvalue weighted by atomic mass is 19.1. The summed E-state index contributed by atoms with van der Waals surface area (Å²) in [6, 6.07) is 17.4. The van der Waals surface area contributed by atoms with Crippen molar-refractivity contribution in [1.82, 2.24) is 14.5 Å². The molecule has 0 atom stereocenters. The van der Waals surface area contributed by atoms with Gasteiger partial charge in [-0.25, -0.2) is 13.8 Å². The van der Waals surface area contributed by atoms with Gasteiger partial charge in [0.25, 0.3) is 5.56 Å². The quantitative estimate of drug-likeness (QED) is 0.283. The first-order chi connectivity index (χ1) is 17.9. The number of halogens is 2. The first-order valence-electron chi connectivity index (χ1n) is 11.2. The van der Waals surface area contributed by atoms with Crippen molar-refractivity contribution in [2.75, 3.05) is 7.11 Å². The number of rotatable bonds is 7. The molecule has 0 N–H and O–H groups in total. The molecule has 9 heteroatoms. The van der Waals surface area contributed by atoms with Gasteiger partial charge in [0.15, 0.2) is 23.1 Å². The van der Waals surface area contributed by atoms with Crippen LogP contribution in [0.4, 0.5) is 8.78 Å². The predicted molar refractivity (Wildman–Crippen MR) is 133 cm³/mol. The maximum Gasteiger partial charge on any atom is 0.265 e. The van der Waals surface area contributed by atoms with Crippen LogP contribution in [0.1, 0.15) is 15.9 Å². The summed E-state index contributed by atoms with van der Waals surface area (Å²) >= 11 is 0. The van der Waals surface area contributed by atoms with Crippen LogP contribution in [0.15, 0.2) is 90.0 Å². The van der Waals surface area contributed by atoms with Crippen LogP contribution in [-0.4, -0.2) is 27.4 Å². The van der Waals surface area contributed by atoms with Crippen LogP contribution in [0.2, 0.25) is 0 Å². The second-order valence-corrected chi connectivity index (χ2v) is 8.07. The number of hydrogen-bond donors (Lipinski definition) is 0. The summed E-state index contributed by atoms with van der Waals surface area (Å²) in [6.45, 7) is 0. The van der Waals surface area contributed by atoms with Crippen LogP contribution in [0.3, 0.4) is 0 Å². The molecule has 0 radical (unpaired) electrons. The lowest BCUT2D eigenvalue weighted by Gasteiger charge is -2.11. The lowest BCUT2D eigenvalue weighted by molar-refractivity contribution is 0.0991. The second kappa shape index (κ2) is 9.98. The van der Waals surface area contributed by atoms with E-state index < -0.39 is 23.0 Å². The van der Waals surface area contributed by atoms with Gasteiger partial charge in [-0.15, -0.1) is 0 Å². The number of carbonyl (C=O) groups is 1. The molecular formula is C28H19F2N3O4. The van der Waals surface area contributed by atoms with E-state index in [1.54, 1.807) is 30.3 Å². The van der Waals surface area contributed by atoms with E-state index in [0.717, 1.165) is 0 Å². The fourth-order valence-corrected chi connectivity index (χ4v) is 3.83. The molecule has 0 fully saturated rings. The van der Waals surface area contributed by atoms with Gasteiger partial charge in [-0.1, -0.05) is 6.07 Å². The molecule has 0 bridgehead atoms. The van der Waals surface area contributed by atoms with E-state index in [2.05, 4.69) is 9.97 Å². The number of ether oxygens (including phenoxy) is 2. The molecule has 7 nitrogen and oxygen atoms in total. The lowest BCUT2D eigenvalue weighted by Crippen LogP contribution is -2.25. The summed E-state index contributed by atoms with van der Waals surface area (Å²) < 4.78 is 40.3. The third-order valence-corrected chi connectivity index (χ3v) is 5.66. The van der Waals surface area contributed by atoms with Crippen molar-refractivity contribution in [3.63, 3.8) is 0 Å². The number of hydrogen-bond acceptors (Lipinski definition) is 6. The minimum atomic E-state index is -0.685. The van der Waals surface area contributed by atoms with E-state index in [0.29, 0.717) is 28.2 Å². The minimum Gasteiger partial charge on any atom is -0.481 e. The van der Waals surface area contributed by atoms with Gasteiger partial charge in [-0.2, -0.15) is 0 Å². The van der Waals surface area contributed by atoms with Crippen molar-refractivity contribution in [2.24, 2.45) is 0 Å². The van der Waals surface area contributed by atoms with Crippen molar-refractivity contribution in [1.29, 1.82) is 0 Å². The summed E-state index contributed by atoms with van der Waals surface area (Å²) in [5.74, 6) is -1.02. The lowest BCUT2D eigenvalue weighted by atomic mass is 10.0. The smallest absolute Gasteiger partial charge is 0.265 e. The maximum absolute atomic E-state index is 14.9. The number of pyridine rings is 3. The van der Waals surface area contributed by atoms with Crippen LogP contribution >= 0.6 is 0 Å². The Labute approximate surface area is 209 Å². The zero-order valence-electron chi connectivity index (χ0n) is 19.5. The van der Waals surface area contributed by atoms with Crippen molar-refractivity contribution in [3.8, 4) is 23.1 Å². The molecular weight excluding hydrogens is 480 g/mol. The Hall–Kier alpha value is -4.92. The van der Waals surface area contributed by atoms with Crippen LogP contribution < -0.4 is 15.0 Å². The van der Waals surface area contributed by atoms with Crippen molar-refractivity contribution < 1.29 is 23.0 Å². The first kappa shape index (κ1) is 23.8. The zero-order chi connectivity index (χ0) is 25.9.